The average Bonchev–Trinajstić information content (AvgIpc) is 3.01. The molecule has 0 fully saturated rings. The molecule has 7 nitrogen and oxygen atoms in total. The Bertz CT molecular complexity index is 909. The molecule has 2 heterocycles. The van der Waals surface area contributed by atoms with Crippen molar-refractivity contribution in [3.8, 4) is 5.75 Å². The third-order valence-corrected chi connectivity index (χ3v) is 3.96. The predicted octanol–water partition coefficient (Wildman–Crippen LogP) is 1.26. The van der Waals surface area contributed by atoms with E-state index in [4.69, 9.17) is 4.74 Å². The van der Waals surface area contributed by atoms with Gasteiger partial charge in [0.2, 0.25) is 5.78 Å². The highest BCUT2D eigenvalue weighted by Gasteiger charge is 2.14. The van der Waals surface area contributed by atoms with E-state index >= 15 is 0 Å². The van der Waals surface area contributed by atoms with Crippen molar-refractivity contribution >= 4 is 5.78 Å². The van der Waals surface area contributed by atoms with E-state index in [-0.39, 0.29) is 18.7 Å². The normalized spacial score (nSPS) is 12.5. The lowest BCUT2D eigenvalue weighted by molar-refractivity contribution is 0.0918. The number of aromatic nitrogens is 4. The predicted molar refractivity (Wildman–Crippen MR) is 89.4 cm³/mol. The Balaban J connectivity index is 1.77. The maximum absolute atomic E-state index is 11.8. The van der Waals surface area contributed by atoms with Gasteiger partial charge in [-0.2, -0.15) is 14.6 Å². The SMILES string of the molecule is Cc1cccc(C)c1OC[C@H](O)Cn1c(C)cc(=O)n2ncnc12. The van der Waals surface area contributed by atoms with Gasteiger partial charge in [0.15, 0.2) is 0 Å². The number of ether oxygens (including phenoxy) is 1. The molecule has 2 aromatic heterocycles. The van der Waals surface area contributed by atoms with Gasteiger partial charge in [0, 0.05) is 11.8 Å². The van der Waals surface area contributed by atoms with Crippen molar-refractivity contribution < 1.29 is 9.84 Å². The van der Waals surface area contributed by atoms with Crippen LogP contribution in [0, 0.1) is 20.8 Å². The molecule has 1 N–H and O–H groups in total. The van der Waals surface area contributed by atoms with Gasteiger partial charge in [-0.05, 0) is 31.9 Å². The topological polar surface area (TPSA) is 81.7 Å². The summed E-state index contributed by atoms with van der Waals surface area (Å²) in [6.07, 6.45) is 0.581. The second kappa shape index (κ2) is 6.45. The minimum absolute atomic E-state index is 0.150. The third-order valence-electron chi connectivity index (χ3n) is 3.96. The van der Waals surface area contributed by atoms with E-state index in [9.17, 15) is 9.90 Å². The Kier molecular flexibility index (Phi) is 4.35. The summed E-state index contributed by atoms with van der Waals surface area (Å²) in [4.78, 5) is 15.9. The van der Waals surface area contributed by atoms with Gasteiger partial charge >= 0.3 is 0 Å². The molecule has 7 heteroatoms. The quantitative estimate of drug-likeness (QED) is 0.762. The Labute approximate surface area is 139 Å². The lowest BCUT2D eigenvalue weighted by atomic mass is 10.1. The van der Waals surface area contributed by atoms with Gasteiger partial charge in [-0.15, -0.1) is 0 Å². The molecule has 0 saturated carbocycles. The van der Waals surface area contributed by atoms with Crippen LogP contribution < -0.4 is 10.3 Å². The van der Waals surface area contributed by atoms with Gasteiger partial charge in [0.25, 0.3) is 5.56 Å². The molecule has 0 saturated heterocycles. The van der Waals surface area contributed by atoms with Crippen LogP contribution in [0.5, 0.6) is 5.75 Å². The minimum Gasteiger partial charge on any atom is -0.490 e. The summed E-state index contributed by atoms with van der Waals surface area (Å²) in [7, 11) is 0. The molecular weight excluding hydrogens is 308 g/mol. The average molecular weight is 328 g/mol. The maximum atomic E-state index is 11.8. The van der Waals surface area contributed by atoms with E-state index in [1.807, 2.05) is 32.0 Å². The summed E-state index contributed by atoms with van der Waals surface area (Å²) in [5.41, 5.74) is 2.53. The van der Waals surface area contributed by atoms with Crippen LogP contribution in [0.15, 0.2) is 35.4 Å². The van der Waals surface area contributed by atoms with Crippen molar-refractivity contribution in [3.63, 3.8) is 0 Å². The lowest BCUT2D eigenvalue weighted by Gasteiger charge is -2.18. The van der Waals surface area contributed by atoms with E-state index < -0.39 is 6.10 Å². The number of aliphatic hydroxyl groups excluding tert-OH is 1. The van der Waals surface area contributed by atoms with Crippen LogP contribution in [0.2, 0.25) is 0 Å². The van der Waals surface area contributed by atoms with Crippen LogP contribution in [0.4, 0.5) is 0 Å². The highest BCUT2D eigenvalue weighted by atomic mass is 16.5. The number of hydrogen-bond donors (Lipinski definition) is 1. The Hall–Kier alpha value is -2.67. The molecular formula is C17H20N4O3. The third kappa shape index (κ3) is 3.03. The molecule has 24 heavy (non-hydrogen) atoms. The number of fused-ring (bicyclic) bond motifs is 1. The van der Waals surface area contributed by atoms with Gasteiger partial charge in [0.1, 0.15) is 24.8 Å². The molecule has 0 aliphatic heterocycles. The highest BCUT2D eigenvalue weighted by Crippen LogP contribution is 2.22. The van der Waals surface area contributed by atoms with Crippen LogP contribution in [-0.2, 0) is 6.54 Å². The Morgan fingerprint density at radius 1 is 1.25 bits per heavy atom. The summed E-state index contributed by atoms with van der Waals surface area (Å²) in [5, 5.41) is 14.3. The van der Waals surface area contributed by atoms with E-state index in [0.29, 0.717) is 11.5 Å². The van der Waals surface area contributed by atoms with Crippen LogP contribution in [0.25, 0.3) is 5.78 Å². The fourth-order valence-electron chi connectivity index (χ4n) is 2.75. The largest absolute Gasteiger partial charge is 0.490 e. The molecule has 1 aromatic carbocycles. The number of nitrogens with zero attached hydrogens (tertiary/aromatic N) is 4. The molecule has 3 aromatic rings. The number of aryl methyl sites for hydroxylation is 3. The number of para-hydroxylation sites is 1. The first kappa shape index (κ1) is 16.2. The maximum Gasteiger partial charge on any atom is 0.275 e. The summed E-state index contributed by atoms with van der Waals surface area (Å²) in [6.45, 7) is 6.16. The van der Waals surface area contributed by atoms with Crippen LogP contribution in [0.1, 0.15) is 16.8 Å². The second-order valence-corrected chi connectivity index (χ2v) is 5.89. The summed E-state index contributed by atoms with van der Waals surface area (Å²) < 4.78 is 8.76. The van der Waals surface area contributed by atoms with Gasteiger partial charge in [-0.3, -0.25) is 4.79 Å². The first-order chi connectivity index (χ1) is 11.5. The van der Waals surface area contributed by atoms with E-state index in [0.717, 1.165) is 16.9 Å². The summed E-state index contributed by atoms with van der Waals surface area (Å²) in [6, 6.07) is 7.39. The Morgan fingerprint density at radius 3 is 2.67 bits per heavy atom. The van der Waals surface area contributed by atoms with Crippen molar-refractivity contribution in [2.75, 3.05) is 6.61 Å². The Morgan fingerprint density at radius 2 is 1.96 bits per heavy atom. The molecule has 3 rings (SSSR count). The smallest absolute Gasteiger partial charge is 0.275 e. The number of hydrogen-bond acceptors (Lipinski definition) is 5. The molecule has 126 valence electrons. The monoisotopic (exact) mass is 328 g/mol. The summed E-state index contributed by atoms with van der Waals surface area (Å²) >= 11 is 0. The zero-order valence-corrected chi connectivity index (χ0v) is 13.9. The zero-order chi connectivity index (χ0) is 17.3. The lowest BCUT2D eigenvalue weighted by Crippen LogP contribution is -2.28. The van der Waals surface area contributed by atoms with Gasteiger partial charge in [-0.1, -0.05) is 18.2 Å². The van der Waals surface area contributed by atoms with Gasteiger partial charge in [-0.25, -0.2) is 0 Å². The molecule has 0 bridgehead atoms. The van der Waals surface area contributed by atoms with Crippen LogP contribution in [-0.4, -0.2) is 37.0 Å². The molecule has 0 unspecified atom stereocenters. The number of benzene rings is 1. The first-order valence-electron chi connectivity index (χ1n) is 7.74. The van der Waals surface area contributed by atoms with Crippen molar-refractivity contribution in [1.29, 1.82) is 0 Å². The summed E-state index contributed by atoms with van der Waals surface area (Å²) in [5.74, 6) is 1.20. The van der Waals surface area contributed by atoms with Crippen LogP contribution in [0.3, 0.4) is 0 Å². The molecule has 1 atom stereocenters. The van der Waals surface area contributed by atoms with E-state index in [2.05, 4.69) is 10.1 Å². The van der Waals surface area contributed by atoms with Crippen LogP contribution >= 0.6 is 0 Å². The molecule has 0 spiro atoms. The zero-order valence-electron chi connectivity index (χ0n) is 13.9. The molecule has 0 aliphatic rings. The van der Waals surface area contributed by atoms with E-state index in [1.165, 1.54) is 16.9 Å². The number of rotatable bonds is 5. The van der Waals surface area contributed by atoms with Gasteiger partial charge < -0.3 is 14.4 Å². The minimum atomic E-state index is -0.745. The molecule has 0 aliphatic carbocycles. The van der Waals surface area contributed by atoms with E-state index in [1.54, 1.807) is 11.5 Å². The van der Waals surface area contributed by atoms with Gasteiger partial charge in [0.05, 0.1) is 6.54 Å². The van der Waals surface area contributed by atoms with Crippen molar-refractivity contribution in [1.82, 2.24) is 19.2 Å². The standard InChI is InChI=1S/C17H20N4O3/c1-11-5-4-6-12(2)16(11)24-9-14(22)8-20-13(3)7-15(23)21-17(20)18-10-19-21/h4-7,10,14,22H,8-9H2,1-3H3/t14-/m1/s1. The first-order valence-corrected chi connectivity index (χ1v) is 7.74. The molecule has 0 radical (unpaired) electrons. The fourth-order valence-corrected chi connectivity index (χ4v) is 2.75. The highest BCUT2D eigenvalue weighted by molar-refractivity contribution is 5.39. The van der Waals surface area contributed by atoms with Crippen molar-refractivity contribution in [2.24, 2.45) is 0 Å². The van der Waals surface area contributed by atoms with Crippen molar-refractivity contribution in [3.05, 3.63) is 57.8 Å². The number of aliphatic hydroxyl groups is 1. The fraction of sp³-hybridized carbons (Fsp3) is 0.353. The second-order valence-electron chi connectivity index (χ2n) is 5.89. The molecule has 0 amide bonds. The van der Waals surface area contributed by atoms with Crippen molar-refractivity contribution in [2.45, 2.75) is 33.4 Å².